The standard InChI is InChI=1S/C26H20O4/c1-15-25-21(20(14-23(27)30-25)17-9-11-19(28-3)12-10-17)13-22-24(16(2)29-26(15)22)18-7-5-4-6-8-18/h4-14H,1-3H3. The summed E-state index contributed by atoms with van der Waals surface area (Å²) in [6.45, 7) is 3.90. The van der Waals surface area contributed by atoms with Crippen LogP contribution in [0.5, 0.6) is 5.75 Å². The van der Waals surface area contributed by atoms with Gasteiger partial charge in [0, 0.05) is 28.0 Å². The van der Waals surface area contributed by atoms with Gasteiger partial charge >= 0.3 is 5.63 Å². The normalized spacial score (nSPS) is 11.3. The minimum absolute atomic E-state index is 0.387. The van der Waals surface area contributed by atoms with E-state index in [4.69, 9.17) is 13.6 Å². The van der Waals surface area contributed by atoms with Gasteiger partial charge < -0.3 is 13.6 Å². The largest absolute Gasteiger partial charge is 0.497 e. The van der Waals surface area contributed by atoms with Crippen LogP contribution in [-0.2, 0) is 0 Å². The predicted molar refractivity (Wildman–Crippen MR) is 119 cm³/mol. The van der Waals surface area contributed by atoms with Crippen molar-refractivity contribution in [3.63, 3.8) is 0 Å². The first-order chi connectivity index (χ1) is 14.6. The Morgan fingerprint density at radius 2 is 1.47 bits per heavy atom. The van der Waals surface area contributed by atoms with E-state index in [0.717, 1.165) is 55.7 Å². The molecule has 0 saturated heterocycles. The molecule has 30 heavy (non-hydrogen) atoms. The molecule has 0 atom stereocenters. The van der Waals surface area contributed by atoms with Gasteiger partial charge in [-0.3, -0.25) is 0 Å². The molecule has 0 unspecified atom stereocenters. The molecule has 0 saturated carbocycles. The molecule has 2 heterocycles. The highest BCUT2D eigenvalue weighted by molar-refractivity contribution is 6.08. The summed E-state index contributed by atoms with van der Waals surface area (Å²) >= 11 is 0. The van der Waals surface area contributed by atoms with Crippen LogP contribution < -0.4 is 10.4 Å². The number of aryl methyl sites for hydroxylation is 2. The van der Waals surface area contributed by atoms with Crippen LogP contribution in [0.1, 0.15) is 11.3 Å². The van der Waals surface area contributed by atoms with Crippen LogP contribution in [0, 0.1) is 13.8 Å². The van der Waals surface area contributed by atoms with E-state index in [1.807, 2.05) is 56.3 Å². The van der Waals surface area contributed by atoms with E-state index in [1.165, 1.54) is 0 Å². The molecule has 0 aliphatic rings. The molecule has 0 radical (unpaired) electrons. The Morgan fingerprint density at radius 1 is 0.767 bits per heavy atom. The van der Waals surface area contributed by atoms with Crippen LogP contribution in [0.25, 0.3) is 44.2 Å². The minimum Gasteiger partial charge on any atom is -0.497 e. The van der Waals surface area contributed by atoms with E-state index >= 15 is 0 Å². The molecule has 0 bridgehead atoms. The second-order valence-corrected chi connectivity index (χ2v) is 7.36. The quantitative estimate of drug-likeness (QED) is 0.327. The van der Waals surface area contributed by atoms with Crippen molar-refractivity contribution in [3.8, 4) is 28.0 Å². The molecular weight excluding hydrogens is 376 g/mol. The van der Waals surface area contributed by atoms with Gasteiger partial charge in [-0.25, -0.2) is 4.79 Å². The van der Waals surface area contributed by atoms with Gasteiger partial charge in [0.15, 0.2) is 0 Å². The fraction of sp³-hybridized carbons (Fsp3) is 0.115. The fourth-order valence-electron chi connectivity index (χ4n) is 4.12. The van der Waals surface area contributed by atoms with Gasteiger partial charge in [-0.1, -0.05) is 42.5 Å². The van der Waals surface area contributed by atoms with E-state index in [1.54, 1.807) is 13.2 Å². The summed E-state index contributed by atoms with van der Waals surface area (Å²) in [4.78, 5) is 12.4. The zero-order valence-corrected chi connectivity index (χ0v) is 17.0. The van der Waals surface area contributed by atoms with E-state index in [0.29, 0.717) is 5.58 Å². The third-order valence-corrected chi connectivity index (χ3v) is 5.55. The predicted octanol–water partition coefficient (Wildman–Crippen LogP) is 6.50. The van der Waals surface area contributed by atoms with Gasteiger partial charge in [0.25, 0.3) is 0 Å². The zero-order valence-electron chi connectivity index (χ0n) is 17.0. The van der Waals surface area contributed by atoms with Crippen molar-refractivity contribution in [2.24, 2.45) is 0 Å². The summed E-state index contributed by atoms with van der Waals surface area (Å²) in [5, 5.41) is 1.88. The highest BCUT2D eigenvalue weighted by Gasteiger charge is 2.20. The van der Waals surface area contributed by atoms with Crippen LogP contribution in [0.4, 0.5) is 0 Å². The lowest BCUT2D eigenvalue weighted by Crippen LogP contribution is -1.99. The van der Waals surface area contributed by atoms with E-state index in [-0.39, 0.29) is 5.63 Å². The molecule has 0 N–H and O–H groups in total. The van der Waals surface area contributed by atoms with E-state index in [9.17, 15) is 4.79 Å². The van der Waals surface area contributed by atoms with Gasteiger partial charge in [0.05, 0.1) is 7.11 Å². The molecule has 0 amide bonds. The van der Waals surface area contributed by atoms with Crippen LogP contribution in [0.15, 0.2) is 80.4 Å². The maximum atomic E-state index is 12.4. The van der Waals surface area contributed by atoms with Crippen molar-refractivity contribution in [1.82, 2.24) is 0 Å². The van der Waals surface area contributed by atoms with Gasteiger partial charge in [0.2, 0.25) is 0 Å². The summed E-state index contributed by atoms with van der Waals surface area (Å²) in [7, 11) is 1.63. The Bertz CT molecular complexity index is 1440. The maximum absolute atomic E-state index is 12.4. The Kier molecular flexibility index (Phi) is 4.21. The number of hydrogen-bond donors (Lipinski definition) is 0. The first kappa shape index (κ1) is 18.3. The van der Waals surface area contributed by atoms with Gasteiger partial charge in [0.1, 0.15) is 22.7 Å². The summed E-state index contributed by atoms with van der Waals surface area (Å²) in [6, 6.07) is 21.5. The topological polar surface area (TPSA) is 52.6 Å². The summed E-state index contributed by atoms with van der Waals surface area (Å²) in [5.41, 5.74) is 5.63. The van der Waals surface area contributed by atoms with E-state index in [2.05, 4.69) is 18.2 Å². The average molecular weight is 396 g/mol. The third-order valence-electron chi connectivity index (χ3n) is 5.55. The molecule has 2 aromatic heterocycles. The second-order valence-electron chi connectivity index (χ2n) is 7.36. The Morgan fingerprint density at radius 3 is 2.17 bits per heavy atom. The number of methoxy groups -OCH3 is 1. The number of ether oxygens (including phenoxy) is 1. The molecular formula is C26H20O4. The molecule has 5 rings (SSSR count). The van der Waals surface area contributed by atoms with Gasteiger partial charge in [-0.05, 0) is 48.7 Å². The Labute approximate surface area is 173 Å². The third kappa shape index (κ3) is 2.80. The van der Waals surface area contributed by atoms with Crippen molar-refractivity contribution in [2.45, 2.75) is 13.8 Å². The van der Waals surface area contributed by atoms with Crippen LogP contribution in [0.2, 0.25) is 0 Å². The Balaban J connectivity index is 1.87. The zero-order chi connectivity index (χ0) is 20.8. The van der Waals surface area contributed by atoms with Crippen molar-refractivity contribution >= 4 is 21.9 Å². The molecule has 148 valence electrons. The number of hydrogen-bond acceptors (Lipinski definition) is 4. The number of rotatable bonds is 3. The number of benzene rings is 3. The van der Waals surface area contributed by atoms with Crippen molar-refractivity contribution in [1.29, 1.82) is 0 Å². The van der Waals surface area contributed by atoms with Gasteiger partial charge in [-0.15, -0.1) is 0 Å². The highest BCUT2D eigenvalue weighted by atomic mass is 16.5. The first-order valence-corrected chi connectivity index (χ1v) is 9.77. The highest BCUT2D eigenvalue weighted by Crippen LogP contribution is 2.41. The Hall–Kier alpha value is -3.79. The molecule has 0 aliphatic carbocycles. The maximum Gasteiger partial charge on any atom is 0.336 e. The van der Waals surface area contributed by atoms with Crippen LogP contribution in [0.3, 0.4) is 0 Å². The molecule has 0 spiro atoms. The smallest absolute Gasteiger partial charge is 0.336 e. The van der Waals surface area contributed by atoms with Crippen molar-refractivity contribution in [2.75, 3.05) is 7.11 Å². The first-order valence-electron chi connectivity index (χ1n) is 9.77. The van der Waals surface area contributed by atoms with Crippen LogP contribution in [-0.4, -0.2) is 7.11 Å². The van der Waals surface area contributed by atoms with Gasteiger partial charge in [-0.2, -0.15) is 0 Å². The second kappa shape index (κ2) is 6.92. The number of fused-ring (bicyclic) bond motifs is 2. The summed E-state index contributed by atoms with van der Waals surface area (Å²) in [5.74, 6) is 1.60. The monoisotopic (exact) mass is 396 g/mol. The lowest BCUT2D eigenvalue weighted by molar-refractivity contribution is 0.415. The van der Waals surface area contributed by atoms with Crippen molar-refractivity contribution in [3.05, 3.63) is 88.5 Å². The lowest BCUT2D eigenvalue weighted by atomic mass is 9.95. The molecule has 0 fully saturated rings. The molecule has 5 aromatic rings. The average Bonchev–Trinajstić information content (AvgIpc) is 3.11. The number of furan rings is 1. The molecule has 4 heteroatoms. The van der Waals surface area contributed by atoms with Crippen LogP contribution >= 0.6 is 0 Å². The summed E-state index contributed by atoms with van der Waals surface area (Å²) in [6.07, 6.45) is 0. The van der Waals surface area contributed by atoms with Crippen molar-refractivity contribution < 1.29 is 13.6 Å². The summed E-state index contributed by atoms with van der Waals surface area (Å²) < 4.78 is 17.0. The molecule has 0 aliphatic heterocycles. The lowest BCUT2D eigenvalue weighted by Gasteiger charge is -2.09. The SMILES string of the molecule is COc1ccc(-c2cc(=O)oc3c(C)c4oc(C)c(-c5ccccc5)c4cc23)cc1. The molecule has 3 aromatic carbocycles. The minimum atomic E-state index is -0.387. The fourth-order valence-corrected chi connectivity index (χ4v) is 4.12. The van der Waals surface area contributed by atoms with E-state index < -0.39 is 0 Å². The molecule has 4 nitrogen and oxygen atoms in total.